The smallest absolute Gasteiger partial charge is 0.213 e. The average molecular weight is 443 g/mol. The molecule has 8 nitrogen and oxygen atoms in total. The molecule has 3 aromatic rings. The van der Waals surface area contributed by atoms with E-state index in [-0.39, 0.29) is 0 Å². The van der Waals surface area contributed by atoms with Crippen LogP contribution in [0.3, 0.4) is 0 Å². The standard InChI is InChI=1S/C25H26N6O2/c1-2-3-17(24-30-29-16-31(24)20-5-6-20)10-13-27-25(32)22-14-18(11-12-26-22)19-4-9-23(28-15-19)33-21-7-8-21/h2-4,9-16,20-21,25,27,32H,1,5-8H2/b13-10+,17-3+. The number of hydrogen-bond acceptors (Lipinski definition) is 7. The lowest BCUT2D eigenvalue weighted by molar-refractivity contribution is 0.151. The van der Waals surface area contributed by atoms with Crippen LogP contribution in [-0.4, -0.2) is 35.9 Å². The molecule has 0 saturated heterocycles. The number of nitrogens with one attached hydrogen (secondary N) is 1. The zero-order chi connectivity index (χ0) is 22.6. The molecule has 0 bridgehead atoms. The molecule has 0 amide bonds. The van der Waals surface area contributed by atoms with Gasteiger partial charge in [-0.1, -0.05) is 18.7 Å². The van der Waals surface area contributed by atoms with Gasteiger partial charge in [0.15, 0.2) is 12.1 Å². The molecule has 33 heavy (non-hydrogen) atoms. The van der Waals surface area contributed by atoms with E-state index in [9.17, 15) is 5.11 Å². The molecule has 2 aliphatic rings. The second-order valence-corrected chi connectivity index (χ2v) is 8.22. The van der Waals surface area contributed by atoms with Gasteiger partial charge in [-0.15, -0.1) is 10.2 Å². The Morgan fingerprint density at radius 2 is 2.06 bits per heavy atom. The number of nitrogens with zero attached hydrogens (tertiary/aromatic N) is 5. The molecule has 2 aliphatic carbocycles. The molecule has 0 aromatic carbocycles. The highest BCUT2D eigenvalue weighted by atomic mass is 16.5. The minimum atomic E-state index is -0.974. The highest BCUT2D eigenvalue weighted by Crippen LogP contribution is 2.36. The fourth-order valence-electron chi connectivity index (χ4n) is 3.47. The Bertz CT molecular complexity index is 1180. The Morgan fingerprint density at radius 1 is 1.18 bits per heavy atom. The van der Waals surface area contributed by atoms with Crippen molar-refractivity contribution in [2.24, 2.45) is 0 Å². The first-order valence-corrected chi connectivity index (χ1v) is 11.1. The van der Waals surface area contributed by atoms with E-state index in [0.29, 0.717) is 23.7 Å². The highest BCUT2D eigenvalue weighted by Gasteiger charge is 2.26. The van der Waals surface area contributed by atoms with Gasteiger partial charge in [-0.05, 0) is 61.7 Å². The predicted molar refractivity (Wildman–Crippen MR) is 125 cm³/mol. The van der Waals surface area contributed by atoms with Crippen LogP contribution in [0.4, 0.5) is 0 Å². The van der Waals surface area contributed by atoms with Crippen molar-refractivity contribution in [1.82, 2.24) is 30.0 Å². The summed E-state index contributed by atoms with van der Waals surface area (Å²) in [6.07, 6.45) is 16.1. The lowest BCUT2D eigenvalue weighted by Crippen LogP contribution is -2.16. The quantitative estimate of drug-likeness (QED) is 0.362. The van der Waals surface area contributed by atoms with Crippen LogP contribution in [0.25, 0.3) is 16.7 Å². The van der Waals surface area contributed by atoms with Gasteiger partial charge in [-0.2, -0.15) is 0 Å². The summed E-state index contributed by atoms with van der Waals surface area (Å²) in [6.45, 7) is 3.79. The highest BCUT2D eigenvalue weighted by molar-refractivity contribution is 5.71. The normalized spacial score (nSPS) is 17.2. The second-order valence-electron chi connectivity index (χ2n) is 8.22. The number of aliphatic hydroxyl groups excluding tert-OH is 1. The van der Waals surface area contributed by atoms with Crippen LogP contribution in [0.1, 0.15) is 49.5 Å². The third-order valence-corrected chi connectivity index (χ3v) is 5.53. The van der Waals surface area contributed by atoms with Crippen molar-refractivity contribution in [3.05, 3.63) is 85.5 Å². The third-order valence-electron chi connectivity index (χ3n) is 5.53. The van der Waals surface area contributed by atoms with Crippen molar-refractivity contribution < 1.29 is 9.84 Å². The summed E-state index contributed by atoms with van der Waals surface area (Å²) < 4.78 is 7.79. The Kier molecular flexibility index (Phi) is 5.99. The molecule has 2 saturated carbocycles. The van der Waals surface area contributed by atoms with Crippen LogP contribution < -0.4 is 10.1 Å². The van der Waals surface area contributed by atoms with Crippen molar-refractivity contribution in [2.75, 3.05) is 0 Å². The van der Waals surface area contributed by atoms with Crippen LogP contribution >= 0.6 is 0 Å². The number of hydrogen-bond donors (Lipinski definition) is 2. The van der Waals surface area contributed by atoms with Crippen molar-refractivity contribution in [3.63, 3.8) is 0 Å². The van der Waals surface area contributed by atoms with Crippen LogP contribution in [-0.2, 0) is 0 Å². The maximum absolute atomic E-state index is 10.6. The Morgan fingerprint density at radius 3 is 2.79 bits per heavy atom. The Hall–Kier alpha value is -3.78. The molecule has 0 radical (unpaired) electrons. The first kappa shape index (κ1) is 21.1. The number of ether oxygens (including phenoxy) is 1. The largest absolute Gasteiger partial charge is 0.474 e. The summed E-state index contributed by atoms with van der Waals surface area (Å²) in [5, 5.41) is 21.9. The van der Waals surface area contributed by atoms with Crippen LogP contribution in [0, 0.1) is 0 Å². The Balaban J connectivity index is 1.26. The monoisotopic (exact) mass is 442 g/mol. The molecule has 1 unspecified atom stereocenters. The van der Waals surface area contributed by atoms with Gasteiger partial charge in [-0.3, -0.25) is 4.98 Å². The van der Waals surface area contributed by atoms with Crippen LogP contribution in [0.15, 0.2) is 74.0 Å². The first-order chi connectivity index (χ1) is 16.2. The zero-order valence-electron chi connectivity index (χ0n) is 18.2. The molecule has 2 fully saturated rings. The van der Waals surface area contributed by atoms with Crippen molar-refractivity contribution in [1.29, 1.82) is 0 Å². The topological polar surface area (TPSA) is 98.0 Å². The molecule has 0 spiro atoms. The maximum Gasteiger partial charge on any atom is 0.213 e. The molecule has 0 aliphatic heterocycles. The molecular formula is C25H26N6O2. The van der Waals surface area contributed by atoms with E-state index in [1.165, 1.54) is 0 Å². The minimum Gasteiger partial charge on any atom is -0.474 e. The third kappa shape index (κ3) is 5.18. The average Bonchev–Trinajstić information content (AvgIpc) is 3.79. The summed E-state index contributed by atoms with van der Waals surface area (Å²) in [5.41, 5.74) is 3.21. The lowest BCUT2D eigenvalue weighted by Gasteiger charge is -2.12. The van der Waals surface area contributed by atoms with Gasteiger partial charge in [-0.25, -0.2) is 4.98 Å². The van der Waals surface area contributed by atoms with Gasteiger partial charge in [0.25, 0.3) is 0 Å². The molecule has 5 rings (SSSR count). The van der Waals surface area contributed by atoms with Crippen molar-refractivity contribution in [2.45, 2.75) is 44.1 Å². The lowest BCUT2D eigenvalue weighted by atomic mass is 10.1. The summed E-state index contributed by atoms with van der Waals surface area (Å²) in [5.74, 6) is 1.43. The second kappa shape index (κ2) is 9.38. The molecule has 3 aromatic heterocycles. The summed E-state index contributed by atoms with van der Waals surface area (Å²) in [7, 11) is 0. The number of rotatable bonds is 10. The van der Waals surface area contributed by atoms with E-state index >= 15 is 0 Å². The molecule has 2 N–H and O–H groups in total. The number of pyridine rings is 2. The Labute approximate surface area is 192 Å². The number of aromatic nitrogens is 5. The SMILES string of the molecule is C=C/C=C(\C=C\NC(O)c1cc(-c2ccc(OC3CC3)nc2)ccn1)c1nncn1C1CC1. The van der Waals surface area contributed by atoms with E-state index in [1.54, 1.807) is 31.0 Å². The van der Waals surface area contributed by atoms with E-state index in [0.717, 1.165) is 48.2 Å². The molecule has 3 heterocycles. The van der Waals surface area contributed by atoms with Gasteiger partial charge in [0.1, 0.15) is 12.4 Å². The molecule has 168 valence electrons. The van der Waals surface area contributed by atoms with Gasteiger partial charge in [0, 0.05) is 35.6 Å². The summed E-state index contributed by atoms with van der Waals surface area (Å²) in [6, 6.07) is 8.03. The van der Waals surface area contributed by atoms with Gasteiger partial charge < -0.3 is 19.7 Å². The first-order valence-electron chi connectivity index (χ1n) is 11.1. The van der Waals surface area contributed by atoms with Gasteiger partial charge >= 0.3 is 0 Å². The van der Waals surface area contributed by atoms with Crippen molar-refractivity contribution in [3.8, 4) is 17.0 Å². The van der Waals surface area contributed by atoms with E-state index in [1.807, 2.05) is 36.4 Å². The summed E-state index contributed by atoms with van der Waals surface area (Å²) >= 11 is 0. The zero-order valence-corrected chi connectivity index (χ0v) is 18.2. The van der Waals surface area contributed by atoms with E-state index < -0.39 is 6.23 Å². The van der Waals surface area contributed by atoms with Crippen LogP contribution in [0.5, 0.6) is 5.88 Å². The van der Waals surface area contributed by atoms with Gasteiger partial charge in [0.2, 0.25) is 5.88 Å². The fourth-order valence-corrected chi connectivity index (χ4v) is 3.47. The van der Waals surface area contributed by atoms with Crippen LogP contribution in [0.2, 0.25) is 0 Å². The van der Waals surface area contributed by atoms with Gasteiger partial charge in [0.05, 0.1) is 5.69 Å². The predicted octanol–water partition coefficient (Wildman–Crippen LogP) is 3.98. The van der Waals surface area contributed by atoms with E-state index in [2.05, 4.69) is 36.6 Å². The molecule has 1 atom stereocenters. The molecule has 8 heteroatoms. The van der Waals surface area contributed by atoms with E-state index in [4.69, 9.17) is 4.74 Å². The number of aliphatic hydroxyl groups is 1. The summed E-state index contributed by atoms with van der Waals surface area (Å²) in [4.78, 5) is 8.70. The fraction of sp³-hybridized carbons (Fsp3) is 0.280. The number of allylic oxidation sites excluding steroid dienone is 4. The van der Waals surface area contributed by atoms with Crippen molar-refractivity contribution >= 4 is 5.57 Å². The minimum absolute atomic E-state index is 0.317. The maximum atomic E-state index is 10.6. The molecular weight excluding hydrogens is 416 g/mol.